The lowest BCUT2D eigenvalue weighted by molar-refractivity contribution is 0.0676. The van der Waals surface area contributed by atoms with Crippen LogP contribution in [-0.2, 0) is 13.0 Å². The summed E-state index contributed by atoms with van der Waals surface area (Å²) < 4.78 is 1.74. The van der Waals surface area contributed by atoms with Gasteiger partial charge in [-0.1, -0.05) is 32.4 Å². The Hall–Kier alpha value is -2.28. The molecule has 2 aromatic rings. The van der Waals surface area contributed by atoms with Crippen molar-refractivity contribution in [3.63, 3.8) is 0 Å². The van der Waals surface area contributed by atoms with Crippen molar-refractivity contribution in [3.05, 3.63) is 46.9 Å². The van der Waals surface area contributed by atoms with Crippen molar-refractivity contribution >= 4 is 23.7 Å². The minimum atomic E-state index is -0.992. The van der Waals surface area contributed by atoms with Gasteiger partial charge in [0.25, 0.3) is 0 Å². The zero-order chi connectivity index (χ0) is 18.4. The number of carboxylic acids is 2. The summed E-state index contributed by atoms with van der Waals surface area (Å²) in [4.78, 5) is 27.3. The molecule has 134 valence electrons. The van der Waals surface area contributed by atoms with E-state index in [4.69, 9.17) is 5.11 Å². The molecule has 0 saturated carbocycles. The van der Waals surface area contributed by atoms with Crippen LogP contribution in [0, 0.1) is 0 Å². The number of carbonyl (C=O) groups is 2. The number of nitrogens with zero attached hydrogens (tertiary/aromatic N) is 2. The smallest absolute Gasteiger partial charge is 0.355 e. The van der Waals surface area contributed by atoms with Crippen LogP contribution in [0.25, 0.3) is 0 Å². The molecule has 0 spiro atoms. The fourth-order valence-electron chi connectivity index (χ4n) is 2.55. The highest BCUT2D eigenvalue weighted by atomic mass is 32.2. The van der Waals surface area contributed by atoms with Crippen molar-refractivity contribution in [2.75, 3.05) is 5.75 Å². The van der Waals surface area contributed by atoms with Crippen molar-refractivity contribution in [3.8, 4) is 0 Å². The molecule has 0 fully saturated rings. The molecule has 0 atom stereocenters. The van der Waals surface area contributed by atoms with Crippen molar-refractivity contribution in [1.29, 1.82) is 0 Å². The van der Waals surface area contributed by atoms with Gasteiger partial charge >= 0.3 is 11.9 Å². The fraction of sp³-hybridized carbons (Fsp3) is 0.389. The van der Waals surface area contributed by atoms with Crippen LogP contribution in [0.1, 0.15) is 58.9 Å². The van der Waals surface area contributed by atoms with E-state index in [-0.39, 0.29) is 11.3 Å². The van der Waals surface area contributed by atoms with E-state index in [0.717, 1.165) is 30.0 Å². The quantitative estimate of drug-likeness (QED) is 0.660. The first-order chi connectivity index (χ1) is 12.0. The van der Waals surface area contributed by atoms with Crippen LogP contribution in [0.5, 0.6) is 0 Å². The molecule has 1 aromatic carbocycles. The molecule has 0 aliphatic carbocycles. The Labute approximate surface area is 150 Å². The minimum absolute atomic E-state index is 0.209. The Morgan fingerprint density at radius 1 is 1.12 bits per heavy atom. The Kier molecular flexibility index (Phi) is 6.64. The van der Waals surface area contributed by atoms with Gasteiger partial charge in [-0.25, -0.2) is 14.6 Å². The number of unbranched alkanes of at least 4 members (excludes halogenated alkanes) is 1. The summed E-state index contributed by atoms with van der Waals surface area (Å²) in [5.41, 5.74) is 1.26. The fourth-order valence-corrected chi connectivity index (χ4v) is 3.33. The van der Waals surface area contributed by atoms with Gasteiger partial charge in [-0.3, -0.25) is 0 Å². The van der Waals surface area contributed by atoms with E-state index in [0.29, 0.717) is 18.0 Å². The van der Waals surface area contributed by atoms with E-state index < -0.39 is 11.9 Å². The van der Waals surface area contributed by atoms with Gasteiger partial charge in [-0.15, -0.1) is 11.8 Å². The standard InChI is InChI=1S/C18H22N2O4S/c1-3-5-6-14-19-16(25-4-2)15(18(23)24)20(14)11-12-7-9-13(10-8-12)17(21)22/h7-10H,3-6,11H2,1-2H3,(H,21,22)(H,23,24). The molecule has 2 rings (SSSR count). The highest BCUT2D eigenvalue weighted by Gasteiger charge is 2.22. The van der Waals surface area contributed by atoms with E-state index in [1.165, 1.54) is 23.9 Å². The number of aryl methyl sites for hydroxylation is 1. The SMILES string of the molecule is CCCCc1nc(SCC)c(C(=O)O)n1Cc1ccc(C(=O)O)cc1. The minimum Gasteiger partial charge on any atom is -0.478 e. The molecule has 1 aromatic heterocycles. The Bertz CT molecular complexity index is 753. The lowest BCUT2D eigenvalue weighted by atomic mass is 10.1. The van der Waals surface area contributed by atoms with Gasteiger partial charge in [0.2, 0.25) is 0 Å². The van der Waals surface area contributed by atoms with Crippen LogP contribution < -0.4 is 0 Å². The molecule has 0 aliphatic rings. The van der Waals surface area contributed by atoms with Crippen molar-refractivity contribution < 1.29 is 19.8 Å². The zero-order valence-electron chi connectivity index (χ0n) is 14.4. The average molecular weight is 362 g/mol. The van der Waals surface area contributed by atoms with E-state index in [9.17, 15) is 14.7 Å². The summed E-state index contributed by atoms with van der Waals surface area (Å²) in [5.74, 6) is -0.464. The topological polar surface area (TPSA) is 92.4 Å². The van der Waals surface area contributed by atoms with E-state index >= 15 is 0 Å². The van der Waals surface area contributed by atoms with Crippen LogP contribution in [-0.4, -0.2) is 37.5 Å². The number of hydrogen-bond acceptors (Lipinski definition) is 4. The molecule has 0 unspecified atom stereocenters. The number of benzene rings is 1. The van der Waals surface area contributed by atoms with E-state index in [2.05, 4.69) is 11.9 Å². The molecule has 7 heteroatoms. The van der Waals surface area contributed by atoms with Gasteiger partial charge in [0.05, 0.1) is 5.56 Å². The van der Waals surface area contributed by atoms with Crippen LogP contribution in [0.3, 0.4) is 0 Å². The zero-order valence-corrected chi connectivity index (χ0v) is 15.2. The number of aromatic nitrogens is 2. The molecular formula is C18H22N2O4S. The van der Waals surface area contributed by atoms with Crippen molar-refractivity contribution in [2.24, 2.45) is 0 Å². The largest absolute Gasteiger partial charge is 0.478 e. The first-order valence-corrected chi connectivity index (χ1v) is 9.24. The molecule has 25 heavy (non-hydrogen) atoms. The van der Waals surface area contributed by atoms with Crippen LogP contribution >= 0.6 is 11.8 Å². The maximum absolute atomic E-state index is 11.8. The van der Waals surface area contributed by atoms with Crippen LogP contribution in [0.15, 0.2) is 29.3 Å². The van der Waals surface area contributed by atoms with Crippen LogP contribution in [0.2, 0.25) is 0 Å². The average Bonchev–Trinajstić information content (AvgIpc) is 2.91. The van der Waals surface area contributed by atoms with Gasteiger partial charge in [-0.2, -0.15) is 0 Å². The first-order valence-electron chi connectivity index (χ1n) is 8.25. The predicted octanol–water partition coefficient (Wildman–Crippen LogP) is 3.78. The second-order valence-corrected chi connectivity index (χ2v) is 6.86. The molecule has 6 nitrogen and oxygen atoms in total. The van der Waals surface area contributed by atoms with Gasteiger partial charge in [0, 0.05) is 13.0 Å². The molecule has 0 radical (unpaired) electrons. The number of carboxylic acid groups (broad SMARTS) is 2. The Morgan fingerprint density at radius 3 is 2.32 bits per heavy atom. The summed E-state index contributed by atoms with van der Waals surface area (Å²) >= 11 is 1.43. The van der Waals surface area contributed by atoms with Gasteiger partial charge in [0.1, 0.15) is 10.9 Å². The molecule has 0 bridgehead atoms. The van der Waals surface area contributed by atoms with Gasteiger partial charge < -0.3 is 14.8 Å². The summed E-state index contributed by atoms with van der Waals surface area (Å²) in [5, 5.41) is 19.2. The van der Waals surface area contributed by atoms with Gasteiger partial charge in [-0.05, 0) is 29.9 Å². The summed E-state index contributed by atoms with van der Waals surface area (Å²) in [7, 11) is 0. The second-order valence-electron chi connectivity index (χ2n) is 5.61. The summed E-state index contributed by atoms with van der Waals surface area (Å²) in [6.45, 7) is 4.40. The monoisotopic (exact) mass is 362 g/mol. The highest BCUT2D eigenvalue weighted by molar-refractivity contribution is 7.99. The number of imidazole rings is 1. The molecule has 0 saturated heterocycles. The third kappa shape index (κ3) is 4.63. The summed E-state index contributed by atoms with van der Waals surface area (Å²) in [6, 6.07) is 6.49. The molecule has 2 N–H and O–H groups in total. The Balaban J connectivity index is 2.41. The lowest BCUT2D eigenvalue weighted by Crippen LogP contribution is -2.13. The van der Waals surface area contributed by atoms with E-state index in [1.54, 1.807) is 16.7 Å². The third-order valence-corrected chi connectivity index (χ3v) is 4.64. The molecule has 1 heterocycles. The molecule has 0 aliphatic heterocycles. The van der Waals surface area contributed by atoms with Gasteiger partial charge in [0.15, 0.2) is 5.69 Å². The number of hydrogen-bond donors (Lipinski definition) is 2. The second kappa shape index (κ2) is 8.71. The first kappa shape index (κ1) is 19.1. The normalized spacial score (nSPS) is 10.8. The highest BCUT2D eigenvalue weighted by Crippen LogP contribution is 2.25. The van der Waals surface area contributed by atoms with Crippen molar-refractivity contribution in [1.82, 2.24) is 9.55 Å². The molecule has 0 amide bonds. The third-order valence-electron chi connectivity index (χ3n) is 3.79. The maximum Gasteiger partial charge on any atom is 0.355 e. The van der Waals surface area contributed by atoms with E-state index in [1.807, 2.05) is 6.92 Å². The van der Waals surface area contributed by atoms with Crippen LogP contribution in [0.4, 0.5) is 0 Å². The number of rotatable bonds is 9. The number of thioether (sulfide) groups is 1. The number of aromatic carboxylic acids is 2. The Morgan fingerprint density at radius 2 is 1.80 bits per heavy atom. The lowest BCUT2D eigenvalue weighted by Gasteiger charge is -2.10. The predicted molar refractivity (Wildman–Crippen MR) is 96.7 cm³/mol. The maximum atomic E-state index is 11.8. The molecular weight excluding hydrogens is 340 g/mol. The summed E-state index contributed by atoms with van der Waals surface area (Å²) in [6.07, 6.45) is 2.65. The van der Waals surface area contributed by atoms with Crippen molar-refractivity contribution in [2.45, 2.75) is 44.7 Å².